The number of hydrogen-bond acceptors (Lipinski definition) is 5. The molecule has 1 fully saturated rings. The van der Waals surface area contributed by atoms with Crippen LogP contribution in [-0.2, 0) is 22.4 Å². The van der Waals surface area contributed by atoms with E-state index in [0.29, 0.717) is 31.2 Å². The van der Waals surface area contributed by atoms with E-state index in [4.69, 9.17) is 10.5 Å². The number of anilines is 1. The van der Waals surface area contributed by atoms with Crippen molar-refractivity contribution in [2.75, 3.05) is 18.5 Å². The Morgan fingerprint density at radius 1 is 1.19 bits per heavy atom. The predicted octanol–water partition coefficient (Wildman–Crippen LogP) is 3.56. The first kappa shape index (κ1) is 19.3. The number of halogens is 1. The monoisotopic (exact) mass is 393 g/mol. The Morgan fingerprint density at radius 2 is 1.92 bits per heavy atom. The molecular formula is C19H24ClN3O2S. The highest BCUT2D eigenvalue weighted by molar-refractivity contribution is 7.14. The number of carbonyl (C=O) groups is 1. The summed E-state index contributed by atoms with van der Waals surface area (Å²) in [4.78, 5) is 17.1. The topological polar surface area (TPSA) is 77.2 Å². The molecule has 0 atom stereocenters. The Bertz CT molecular complexity index is 787. The van der Waals surface area contributed by atoms with Gasteiger partial charge in [0.05, 0.1) is 5.69 Å². The molecular weight excluding hydrogens is 370 g/mol. The number of rotatable bonds is 3. The van der Waals surface area contributed by atoms with E-state index >= 15 is 0 Å². The van der Waals surface area contributed by atoms with Crippen LogP contribution in [0.3, 0.4) is 0 Å². The minimum Gasteiger partial charge on any atom is -0.381 e. The van der Waals surface area contributed by atoms with Gasteiger partial charge >= 0.3 is 0 Å². The van der Waals surface area contributed by atoms with Crippen molar-refractivity contribution in [1.29, 1.82) is 0 Å². The lowest BCUT2D eigenvalue weighted by molar-refractivity contribution is -0.124. The van der Waals surface area contributed by atoms with Gasteiger partial charge in [0, 0.05) is 24.2 Å². The Labute approximate surface area is 163 Å². The van der Waals surface area contributed by atoms with Crippen molar-refractivity contribution in [2.24, 2.45) is 5.73 Å². The zero-order valence-electron chi connectivity index (χ0n) is 14.6. The molecule has 1 amide bonds. The molecule has 4 rings (SSSR count). The molecule has 0 radical (unpaired) electrons. The number of nitrogens with two attached hydrogens (primary N) is 1. The van der Waals surface area contributed by atoms with Gasteiger partial charge in [-0.3, -0.25) is 4.79 Å². The fourth-order valence-electron chi connectivity index (χ4n) is 3.54. The number of nitrogens with one attached hydrogen (secondary N) is 1. The van der Waals surface area contributed by atoms with Crippen LogP contribution in [-0.4, -0.2) is 29.6 Å². The Kier molecular flexibility index (Phi) is 5.97. The SMILES string of the molecule is Cl.NC1(C(=O)Nc2nc(-c3ccc4c(c3)CCCC4)cs2)CCOCC1. The van der Waals surface area contributed by atoms with E-state index in [9.17, 15) is 4.79 Å². The molecule has 0 bridgehead atoms. The van der Waals surface area contributed by atoms with Gasteiger partial charge in [0.25, 0.3) is 0 Å². The summed E-state index contributed by atoms with van der Waals surface area (Å²) >= 11 is 1.44. The van der Waals surface area contributed by atoms with Crippen LogP contribution >= 0.6 is 23.7 Å². The summed E-state index contributed by atoms with van der Waals surface area (Å²) in [5, 5.41) is 5.49. The van der Waals surface area contributed by atoms with Gasteiger partial charge in [0.15, 0.2) is 5.13 Å². The van der Waals surface area contributed by atoms with Crippen LogP contribution in [0.4, 0.5) is 5.13 Å². The largest absolute Gasteiger partial charge is 0.381 e. The van der Waals surface area contributed by atoms with E-state index in [1.807, 2.05) is 5.38 Å². The van der Waals surface area contributed by atoms with Crippen molar-refractivity contribution in [3.8, 4) is 11.3 Å². The predicted molar refractivity (Wildman–Crippen MR) is 107 cm³/mol. The van der Waals surface area contributed by atoms with Crippen molar-refractivity contribution in [3.63, 3.8) is 0 Å². The van der Waals surface area contributed by atoms with Crippen LogP contribution < -0.4 is 11.1 Å². The summed E-state index contributed by atoms with van der Waals surface area (Å²) in [6.45, 7) is 1.06. The Balaban J connectivity index is 0.00000196. The highest BCUT2D eigenvalue weighted by Crippen LogP contribution is 2.30. The number of aryl methyl sites for hydroxylation is 2. The highest BCUT2D eigenvalue weighted by Gasteiger charge is 2.36. The minimum atomic E-state index is -0.851. The summed E-state index contributed by atoms with van der Waals surface area (Å²) < 4.78 is 5.30. The summed E-state index contributed by atoms with van der Waals surface area (Å²) in [6, 6.07) is 6.60. The highest BCUT2D eigenvalue weighted by atomic mass is 35.5. The van der Waals surface area contributed by atoms with Gasteiger partial charge in [-0.2, -0.15) is 0 Å². The normalized spacial score (nSPS) is 18.5. The van der Waals surface area contributed by atoms with E-state index in [1.165, 1.54) is 41.7 Å². The first-order chi connectivity index (χ1) is 12.1. The third kappa shape index (κ3) is 3.93. The molecule has 5 nitrogen and oxygen atoms in total. The zero-order chi connectivity index (χ0) is 17.3. The van der Waals surface area contributed by atoms with Crippen LogP contribution in [0.25, 0.3) is 11.3 Å². The van der Waals surface area contributed by atoms with E-state index in [0.717, 1.165) is 17.7 Å². The van der Waals surface area contributed by atoms with Gasteiger partial charge in [0.1, 0.15) is 5.54 Å². The van der Waals surface area contributed by atoms with E-state index < -0.39 is 5.54 Å². The third-order valence-electron chi connectivity index (χ3n) is 5.21. The first-order valence-electron chi connectivity index (χ1n) is 8.90. The van der Waals surface area contributed by atoms with Crippen molar-refractivity contribution in [3.05, 3.63) is 34.7 Å². The van der Waals surface area contributed by atoms with Gasteiger partial charge in [-0.25, -0.2) is 4.98 Å². The van der Waals surface area contributed by atoms with Crippen LogP contribution in [0.1, 0.15) is 36.8 Å². The van der Waals surface area contributed by atoms with Gasteiger partial charge in [-0.15, -0.1) is 23.7 Å². The maximum atomic E-state index is 12.5. The number of hydrogen-bond donors (Lipinski definition) is 2. The van der Waals surface area contributed by atoms with Gasteiger partial charge < -0.3 is 15.8 Å². The van der Waals surface area contributed by atoms with Crippen LogP contribution in [0.15, 0.2) is 23.6 Å². The molecule has 1 aliphatic heterocycles. The maximum Gasteiger partial charge on any atom is 0.246 e. The summed E-state index contributed by atoms with van der Waals surface area (Å²) in [5.74, 6) is -0.165. The van der Waals surface area contributed by atoms with Crippen molar-refractivity contribution >= 4 is 34.8 Å². The molecule has 0 saturated carbocycles. The molecule has 1 aliphatic carbocycles. The molecule has 2 aliphatic rings. The van der Waals surface area contributed by atoms with E-state index in [1.54, 1.807) is 0 Å². The van der Waals surface area contributed by atoms with Crippen LogP contribution in [0.2, 0.25) is 0 Å². The van der Waals surface area contributed by atoms with Gasteiger partial charge in [-0.05, 0) is 55.7 Å². The average molecular weight is 394 g/mol. The lowest BCUT2D eigenvalue weighted by Gasteiger charge is -2.31. The van der Waals surface area contributed by atoms with Crippen LogP contribution in [0.5, 0.6) is 0 Å². The molecule has 26 heavy (non-hydrogen) atoms. The lowest BCUT2D eigenvalue weighted by Crippen LogP contribution is -2.54. The second kappa shape index (κ2) is 8.05. The van der Waals surface area contributed by atoms with E-state index in [-0.39, 0.29) is 18.3 Å². The fourth-order valence-corrected chi connectivity index (χ4v) is 4.26. The van der Waals surface area contributed by atoms with Gasteiger partial charge in [0.2, 0.25) is 5.91 Å². The number of fused-ring (bicyclic) bond motifs is 1. The number of amides is 1. The standard InChI is InChI=1S/C19H23N3O2S.ClH/c20-19(7-9-24-10-8-19)17(23)22-18-21-16(12-25-18)15-6-5-13-3-1-2-4-14(13)11-15;/h5-6,11-12H,1-4,7-10,20H2,(H,21,22,23);1H. The minimum absolute atomic E-state index is 0. The van der Waals surface area contributed by atoms with Crippen molar-refractivity contribution in [1.82, 2.24) is 4.98 Å². The number of carbonyl (C=O) groups excluding carboxylic acids is 1. The second-order valence-corrected chi connectivity index (χ2v) is 7.81. The van der Waals surface area contributed by atoms with Gasteiger partial charge in [-0.1, -0.05) is 12.1 Å². The quantitative estimate of drug-likeness (QED) is 0.835. The molecule has 2 aromatic rings. The Morgan fingerprint density at radius 3 is 2.69 bits per heavy atom. The second-order valence-electron chi connectivity index (χ2n) is 6.95. The molecule has 1 aromatic carbocycles. The maximum absolute atomic E-state index is 12.5. The molecule has 1 aromatic heterocycles. The summed E-state index contributed by atoms with van der Waals surface area (Å²) in [5.41, 5.74) is 10.3. The number of aromatic nitrogens is 1. The number of ether oxygens (including phenoxy) is 1. The van der Waals surface area contributed by atoms with Crippen molar-refractivity contribution < 1.29 is 9.53 Å². The summed E-state index contributed by atoms with van der Waals surface area (Å²) in [7, 11) is 0. The molecule has 140 valence electrons. The summed E-state index contributed by atoms with van der Waals surface area (Å²) in [6.07, 6.45) is 5.96. The Hall–Kier alpha value is -1.47. The van der Waals surface area contributed by atoms with Crippen LogP contribution in [0, 0.1) is 0 Å². The zero-order valence-corrected chi connectivity index (χ0v) is 16.3. The molecule has 3 N–H and O–H groups in total. The lowest BCUT2D eigenvalue weighted by atomic mass is 9.90. The fraction of sp³-hybridized carbons (Fsp3) is 0.474. The van der Waals surface area contributed by atoms with Crippen molar-refractivity contribution in [2.45, 2.75) is 44.1 Å². The smallest absolute Gasteiger partial charge is 0.246 e. The number of thiazole rings is 1. The number of benzene rings is 1. The molecule has 7 heteroatoms. The first-order valence-corrected chi connectivity index (χ1v) is 9.78. The molecule has 2 heterocycles. The molecule has 1 saturated heterocycles. The average Bonchev–Trinajstić information content (AvgIpc) is 3.10. The molecule has 0 unspecified atom stereocenters. The third-order valence-corrected chi connectivity index (χ3v) is 5.96. The molecule has 0 spiro atoms. The number of nitrogens with zero attached hydrogens (tertiary/aromatic N) is 1. The van der Waals surface area contributed by atoms with E-state index in [2.05, 4.69) is 28.5 Å².